The summed E-state index contributed by atoms with van der Waals surface area (Å²) in [6, 6.07) is 19.7. The zero-order valence-electron chi connectivity index (χ0n) is 15.3. The van der Waals surface area contributed by atoms with Gasteiger partial charge in [-0.25, -0.2) is 0 Å². The first-order valence-corrected chi connectivity index (χ1v) is 9.27. The number of benzene rings is 2. The van der Waals surface area contributed by atoms with Crippen LogP contribution >= 0.6 is 0 Å². The van der Waals surface area contributed by atoms with Gasteiger partial charge in [-0.05, 0) is 29.8 Å². The molecular weight excluding hydrogens is 365 g/mol. The quantitative estimate of drug-likeness (QED) is 0.615. The zero-order valence-corrected chi connectivity index (χ0v) is 15.3. The lowest BCUT2D eigenvalue weighted by Crippen LogP contribution is -2.40. The molecule has 28 heavy (non-hydrogen) atoms. The van der Waals surface area contributed by atoms with Gasteiger partial charge in [0, 0.05) is 31.5 Å². The summed E-state index contributed by atoms with van der Waals surface area (Å²) in [7, 11) is 0. The van der Waals surface area contributed by atoms with Crippen LogP contribution in [0.25, 0.3) is 0 Å². The minimum absolute atomic E-state index is 0.0615. The lowest BCUT2D eigenvalue weighted by molar-refractivity contribution is -0.139. The first-order chi connectivity index (χ1) is 13.5. The van der Waals surface area contributed by atoms with Gasteiger partial charge in [0.2, 0.25) is 0 Å². The fraction of sp³-hybridized carbons (Fsp3) is 0.273. The highest BCUT2D eigenvalue weighted by Gasteiger charge is 2.34. The Morgan fingerprint density at radius 3 is 2.43 bits per heavy atom. The molecule has 1 aromatic heterocycles. The maximum atomic E-state index is 13.2. The molecule has 6 heteroatoms. The van der Waals surface area contributed by atoms with E-state index in [2.05, 4.69) is 33.9 Å². The van der Waals surface area contributed by atoms with E-state index >= 15 is 0 Å². The fourth-order valence-corrected chi connectivity index (χ4v) is 3.79. The van der Waals surface area contributed by atoms with E-state index in [1.807, 2.05) is 24.3 Å². The van der Waals surface area contributed by atoms with Gasteiger partial charge in [0.25, 0.3) is 0 Å². The lowest BCUT2D eigenvalue weighted by atomic mass is 10.00. The number of para-hydroxylation sites is 1. The minimum Gasteiger partial charge on any atom is -0.492 e. The van der Waals surface area contributed by atoms with Gasteiger partial charge >= 0.3 is 6.18 Å². The van der Waals surface area contributed by atoms with Crippen LogP contribution in [-0.2, 0) is 12.7 Å². The molecule has 2 heterocycles. The summed E-state index contributed by atoms with van der Waals surface area (Å²) in [4.78, 5) is 2.26. The molecule has 3 nitrogen and oxygen atoms in total. The molecule has 1 aliphatic rings. The summed E-state index contributed by atoms with van der Waals surface area (Å²) in [5.41, 5.74) is 1.62. The SMILES string of the molecule is FC(F)(F)c1ccccc1OCCN1CCn2cccc2C1c1ccccc1. The van der Waals surface area contributed by atoms with Gasteiger partial charge in [-0.3, -0.25) is 4.90 Å². The monoisotopic (exact) mass is 386 g/mol. The highest BCUT2D eigenvalue weighted by Crippen LogP contribution is 2.36. The minimum atomic E-state index is -4.42. The van der Waals surface area contributed by atoms with Crippen molar-refractivity contribution in [2.45, 2.75) is 18.8 Å². The molecule has 0 bridgehead atoms. The highest BCUT2D eigenvalue weighted by atomic mass is 19.4. The van der Waals surface area contributed by atoms with E-state index in [0.29, 0.717) is 6.54 Å². The number of nitrogens with zero attached hydrogens (tertiary/aromatic N) is 2. The molecule has 0 radical (unpaired) electrons. The normalized spacial score (nSPS) is 17.3. The highest BCUT2D eigenvalue weighted by molar-refractivity contribution is 5.35. The Kier molecular flexibility index (Phi) is 5.13. The van der Waals surface area contributed by atoms with Gasteiger partial charge in [-0.1, -0.05) is 42.5 Å². The van der Waals surface area contributed by atoms with Crippen molar-refractivity contribution >= 4 is 0 Å². The average molecular weight is 386 g/mol. The van der Waals surface area contributed by atoms with E-state index < -0.39 is 11.7 Å². The van der Waals surface area contributed by atoms with Crippen molar-refractivity contribution in [2.24, 2.45) is 0 Å². The Labute approximate surface area is 162 Å². The van der Waals surface area contributed by atoms with Gasteiger partial charge in [-0.2, -0.15) is 13.2 Å². The molecule has 0 spiro atoms. The molecule has 0 aliphatic carbocycles. The van der Waals surface area contributed by atoms with Crippen LogP contribution in [0.5, 0.6) is 5.75 Å². The third-order valence-electron chi connectivity index (χ3n) is 5.08. The summed E-state index contributed by atoms with van der Waals surface area (Å²) in [6.45, 7) is 2.39. The van der Waals surface area contributed by atoms with Crippen LogP contribution in [0.2, 0.25) is 0 Å². The van der Waals surface area contributed by atoms with E-state index in [1.54, 1.807) is 6.07 Å². The van der Waals surface area contributed by atoms with E-state index in [0.717, 1.165) is 24.7 Å². The standard InChI is InChI=1S/C22H21F3N2O/c23-22(24,25)18-9-4-5-11-20(18)28-16-15-27-14-13-26-12-6-10-19(26)21(27)17-7-2-1-3-8-17/h1-12,21H,13-16H2. The Bertz CT molecular complexity index is 921. The second-order valence-corrected chi connectivity index (χ2v) is 6.82. The Morgan fingerprint density at radius 2 is 1.64 bits per heavy atom. The molecule has 4 rings (SSSR count). The topological polar surface area (TPSA) is 17.4 Å². The number of rotatable bonds is 5. The molecule has 1 atom stereocenters. The van der Waals surface area contributed by atoms with Gasteiger partial charge in [0.1, 0.15) is 12.4 Å². The Morgan fingerprint density at radius 1 is 0.893 bits per heavy atom. The molecule has 2 aromatic carbocycles. The molecule has 146 valence electrons. The van der Waals surface area contributed by atoms with Crippen molar-refractivity contribution in [3.63, 3.8) is 0 Å². The number of hydrogen-bond acceptors (Lipinski definition) is 2. The van der Waals surface area contributed by atoms with Gasteiger partial charge < -0.3 is 9.30 Å². The Balaban J connectivity index is 1.51. The smallest absolute Gasteiger partial charge is 0.419 e. The van der Waals surface area contributed by atoms with Crippen LogP contribution in [0.3, 0.4) is 0 Å². The van der Waals surface area contributed by atoms with Crippen LogP contribution in [0.15, 0.2) is 72.9 Å². The van der Waals surface area contributed by atoms with E-state index in [-0.39, 0.29) is 18.4 Å². The second-order valence-electron chi connectivity index (χ2n) is 6.82. The van der Waals surface area contributed by atoms with Crippen molar-refractivity contribution in [3.05, 3.63) is 89.7 Å². The van der Waals surface area contributed by atoms with Crippen molar-refractivity contribution in [3.8, 4) is 5.75 Å². The summed E-state index contributed by atoms with van der Waals surface area (Å²) in [5, 5.41) is 0. The predicted molar refractivity (Wildman–Crippen MR) is 101 cm³/mol. The first kappa shape index (κ1) is 18.6. The summed E-state index contributed by atoms with van der Waals surface area (Å²) in [6.07, 6.45) is -2.35. The summed E-state index contributed by atoms with van der Waals surface area (Å²) < 4.78 is 47.2. The van der Waals surface area contributed by atoms with Crippen LogP contribution in [-0.4, -0.2) is 29.2 Å². The molecule has 0 saturated carbocycles. The van der Waals surface area contributed by atoms with Crippen molar-refractivity contribution in [1.82, 2.24) is 9.47 Å². The predicted octanol–water partition coefficient (Wildman–Crippen LogP) is 4.99. The number of alkyl halides is 3. The molecule has 1 unspecified atom stereocenters. The fourth-order valence-electron chi connectivity index (χ4n) is 3.79. The summed E-state index contributed by atoms with van der Waals surface area (Å²) in [5.74, 6) is -0.119. The van der Waals surface area contributed by atoms with Crippen molar-refractivity contribution < 1.29 is 17.9 Å². The number of hydrogen-bond donors (Lipinski definition) is 0. The molecule has 0 saturated heterocycles. The molecule has 0 N–H and O–H groups in total. The number of halogens is 3. The van der Waals surface area contributed by atoms with Crippen molar-refractivity contribution in [2.75, 3.05) is 19.7 Å². The molecule has 3 aromatic rings. The summed E-state index contributed by atoms with van der Waals surface area (Å²) >= 11 is 0. The van der Waals surface area contributed by atoms with Crippen LogP contribution in [0.4, 0.5) is 13.2 Å². The Hall–Kier alpha value is -2.73. The maximum absolute atomic E-state index is 13.2. The zero-order chi connectivity index (χ0) is 19.6. The number of fused-ring (bicyclic) bond motifs is 1. The largest absolute Gasteiger partial charge is 0.492 e. The molecule has 1 aliphatic heterocycles. The van der Waals surface area contributed by atoms with Gasteiger partial charge in [0.05, 0.1) is 11.6 Å². The molecular formula is C22H21F3N2O. The van der Waals surface area contributed by atoms with Crippen LogP contribution in [0, 0.1) is 0 Å². The molecule has 0 amide bonds. The lowest BCUT2D eigenvalue weighted by Gasteiger charge is -2.37. The second kappa shape index (κ2) is 7.72. The van der Waals surface area contributed by atoms with E-state index in [4.69, 9.17) is 4.74 Å². The number of aromatic nitrogens is 1. The molecule has 0 fully saturated rings. The first-order valence-electron chi connectivity index (χ1n) is 9.27. The maximum Gasteiger partial charge on any atom is 0.419 e. The third kappa shape index (κ3) is 3.78. The van der Waals surface area contributed by atoms with Gasteiger partial charge in [-0.15, -0.1) is 0 Å². The van der Waals surface area contributed by atoms with Gasteiger partial charge in [0.15, 0.2) is 0 Å². The third-order valence-corrected chi connectivity index (χ3v) is 5.08. The average Bonchev–Trinajstić information content (AvgIpc) is 3.17. The number of ether oxygens (including phenoxy) is 1. The van der Waals surface area contributed by atoms with Crippen LogP contribution < -0.4 is 4.74 Å². The van der Waals surface area contributed by atoms with E-state index in [1.165, 1.54) is 17.8 Å². The van der Waals surface area contributed by atoms with Crippen LogP contribution in [0.1, 0.15) is 22.9 Å². The van der Waals surface area contributed by atoms with E-state index in [9.17, 15) is 13.2 Å². The van der Waals surface area contributed by atoms with Crippen molar-refractivity contribution in [1.29, 1.82) is 0 Å².